The van der Waals surface area contributed by atoms with E-state index >= 15 is 0 Å². The largest absolute Gasteiger partial charge is 0.381 e. The Balaban J connectivity index is 1.77. The number of hydrogen-bond acceptors (Lipinski definition) is 5. The highest BCUT2D eigenvalue weighted by atomic mass is 16.3. The monoisotopic (exact) mass is 332 g/mol. The maximum absolute atomic E-state index is 12.8. The Kier molecular flexibility index (Phi) is 4.40. The number of aryl methyl sites for hydroxylation is 1. The van der Waals surface area contributed by atoms with Crippen LogP contribution in [0.1, 0.15) is 61.0 Å². The van der Waals surface area contributed by atoms with Gasteiger partial charge in [-0.2, -0.15) is 20.5 Å². The SMILES string of the molecule is CCC(CC)n1nc(C(=O)N2CCC(O)(c3cn[nH]n3)C2)cc1C. The van der Waals surface area contributed by atoms with E-state index < -0.39 is 5.60 Å². The van der Waals surface area contributed by atoms with Gasteiger partial charge in [0.1, 0.15) is 11.3 Å². The molecule has 1 unspecified atom stereocenters. The van der Waals surface area contributed by atoms with E-state index in [9.17, 15) is 9.90 Å². The average Bonchev–Trinajstić information content (AvgIpc) is 3.29. The number of H-pyrrole nitrogens is 1. The number of nitrogens with zero attached hydrogens (tertiary/aromatic N) is 5. The number of rotatable bonds is 5. The second kappa shape index (κ2) is 6.35. The van der Waals surface area contributed by atoms with Gasteiger partial charge < -0.3 is 10.0 Å². The predicted molar refractivity (Wildman–Crippen MR) is 87.4 cm³/mol. The van der Waals surface area contributed by atoms with E-state index in [0.29, 0.717) is 30.4 Å². The van der Waals surface area contributed by atoms with E-state index in [4.69, 9.17) is 0 Å². The number of carbonyl (C=O) groups excluding carboxylic acids is 1. The zero-order valence-corrected chi connectivity index (χ0v) is 14.4. The fourth-order valence-corrected chi connectivity index (χ4v) is 3.36. The first kappa shape index (κ1) is 16.6. The molecule has 130 valence electrons. The lowest BCUT2D eigenvalue weighted by molar-refractivity contribution is 0.0380. The highest BCUT2D eigenvalue weighted by molar-refractivity contribution is 5.92. The third-order valence-corrected chi connectivity index (χ3v) is 4.86. The molecule has 0 saturated carbocycles. The van der Waals surface area contributed by atoms with Crippen molar-refractivity contribution in [2.24, 2.45) is 0 Å². The molecule has 1 aliphatic rings. The van der Waals surface area contributed by atoms with Crippen LogP contribution in [0.2, 0.25) is 0 Å². The van der Waals surface area contributed by atoms with Crippen LogP contribution in [0, 0.1) is 6.92 Å². The number of aromatic amines is 1. The first-order valence-electron chi connectivity index (χ1n) is 8.42. The minimum absolute atomic E-state index is 0.151. The molecule has 8 heteroatoms. The molecule has 24 heavy (non-hydrogen) atoms. The van der Waals surface area contributed by atoms with Gasteiger partial charge in [-0.15, -0.1) is 0 Å². The van der Waals surface area contributed by atoms with Gasteiger partial charge in [0.05, 0.1) is 18.8 Å². The number of amides is 1. The molecule has 1 fully saturated rings. The normalized spacial score (nSPS) is 21.0. The number of hydrogen-bond donors (Lipinski definition) is 2. The van der Waals surface area contributed by atoms with Gasteiger partial charge in [-0.1, -0.05) is 13.8 Å². The first-order chi connectivity index (χ1) is 11.5. The van der Waals surface area contributed by atoms with Gasteiger partial charge in [-0.25, -0.2) is 0 Å². The first-order valence-corrected chi connectivity index (χ1v) is 8.42. The maximum Gasteiger partial charge on any atom is 0.274 e. The van der Waals surface area contributed by atoms with Crippen molar-refractivity contribution in [1.82, 2.24) is 30.1 Å². The van der Waals surface area contributed by atoms with Crippen LogP contribution in [0.25, 0.3) is 0 Å². The Morgan fingerprint density at radius 2 is 2.21 bits per heavy atom. The summed E-state index contributed by atoms with van der Waals surface area (Å²) >= 11 is 0. The summed E-state index contributed by atoms with van der Waals surface area (Å²) < 4.78 is 1.94. The number of likely N-dealkylation sites (tertiary alicyclic amines) is 1. The van der Waals surface area contributed by atoms with Crippen LogP contribution in [-0.4, -0.2) is 54.2 Å². The summed E-state index contributed by atoms with van der Waals surface area (Å²) in [6.07, 6.45) is 3.89. The second-order valence-electron chi connectivity index (χ2n) is 6.45. The predicted octanol–water partition coefficient (Wildman–Crippen LogP) is 1.40. The summed E-state index contributed by atoms with van der Waals surface area (Å²) in [4.78, 5) is 14.4. The third-order valence-electron chi connectivity index (χ3n) is 4.86. The van der Waals surface area contributed by atoms with Crippen molar-refractivity contribution in [3.63, 3.8) is 0 Å². The van der Waals surface area contributed by atoms with E-state index in [-0.39, 0.29) is 12.5 Å². The van der Waals surface area contributed by atoms with E-state index in [1.54, 1.807) is 4.90 Å². The lowest BCUT2D eigenvalue weighted by Gasteiger charge is -2.20. The van der Waals surface area contributed by atoms with Crippen LogP contribution >= 0.6 is 0 Å². The number of aliphatic hydroxyl groups is 1. The van der Waals surface area contributed by atoms with Gasteiger partial charge in [0.15, 0.2) is 5.69 Å². The van der Waals surface area contributed by atoms with Crippen molar-refractivity contribution in [2.75, 3.05) is 13.1 Å². The van der Waals surface area contributed by atoms with Crippen LogP contribution in [0.4, 0.5) is 0 Å². The molecule has 1 atom stereocenters. The second-order valence-corrected chi connectivity index (χ2v) is 6.45. The Hall–Kier alpha value is -2.22. The standard InChI is InChI=1S/C16H24N6O2/c1-4-12(5-2)22-11(3)8-13(19-22)15(23)21-7-6-16(24,10-21)14-9-17-20-18-14/h8-9,12,24H,4-7,10H2,1-3H3,(H,17,18,20). The van der Waals surface area contributed by atoms with Gasteiger partial charge in [-0.3, -0.25) is 9.48 Å². The lowest BCUT2D eigenvalue weighted by atomic mass is 10.00. The topological polar surface area (TPSA) is 99.9 Å². The van der Waals surface area contributed by atoms with Crippen molar-refractivity contribution in [2.45, 2.75) is 51.7 Å². The Morgan fingerprint density at radius 1 is 1.46 bits per heavy atom. The number of carbonyl (C=O) groups is 1. The average molecular weight is 332 g/mol. The highest BCUT2D eigenvalue weighted by Gasteiger charge is 2.42. The van der Waals surface area contributed by atoms with E-state index in [1.165, 1.54) is 6.20 Å². The smallest absolute Gasteiger partial charge is 0.274 e. The van der Waals surface area contributed by atoms with Crippen LogP contribution in [0.15, 0.2) is 12.3 Å². The van der Waals surface area contributed by atoms with Gasteiger partial charge in [-0.05, 0) is 25.8 Å². The molecule has 0 radical (unpaired) electrons. The fraction of sp³-hybridized carbons (Fsp3) is 0.625. The number of aromatic nitrogens is 5. The molecular formula is C16H24N6O2. The van der Waals surface area contributed by atoms with Crippen molar-refractivity contribution >= 4 is 5.91 Å². The van der Waals surface area contributed by atoms with Crippen LogP contribution < -0.4 is 0 Å². The minimum Gasteiger partial charge on any atom is -0.381 e. The molecule has 1 saturated heterocycles. The molecule has 1 amide bonds. The molecule has 1 aliphatic heterocycles. The van der Waals surface area contributed by atoms with Gasteiger partial charge in [0, 0.05) is 18.7 Å². The van der Waals surface area contributed by atoms with Crippen LogP contribution in [0.5, 0.6) is 0 Å². The minimum atomic E-state index is -1.14. The Bertz CT molecular complexity index is 706. The quantitative estimate of drug-likeness (QED) is 0.862. The number of β-amino-alcohol motifs (C(OH)–C–C–N with tert-alkyl or cyclic N) is 1. The molecule has 8 nitrogen and oxygen atoms in total. The van der Waals surface area contributed by atoms with E-state index in [0.717, 1.165) is 18.5 Å². The molecule has 3 heterocycles. The van der Waals surface area contributed by atoms with Crippen LogP contribution in [0.3, 0.4) is 0 Å². The maximum atomic E-state index is 12.8. The summed E-state index contributed by atoms with van der Waals surface area (Å²) in [5.41, 5.74) is 0.744. The summed E-state index contributed by atoms with van der Waals surface area (Å²) in [5, 5.41) is 25.4. The van der Waals surface area contributed by atoms with Crippen molar-refractivity contribution in [3.05, 3.63) is 29.3 Å². The number of nitrogens with one attached hydrogen (secondary N) is 1. The molecule has 2 aromatic rings. The Morgan fingerprint density at radius 3 is 2.83 bits per heavy atom. The van der Waals surface area contributed by atoms with Crippen LogP contribution in [-0.2, 0) is 5.60 Å². The van der Waals surface area contributed by atoms with Gasteiger partial charge >= 0.3 is 0 Å². The van der Waals surface area contributed by atoms with Crippen molar-refractivity contribution in [3.8, 4) is 0 Å². The van der Waals surface area contributed by atoms with Crippen molar-refractivity contribution in [1.29, 1.82) is 0 Å². The fourth-order valence-electron chi connectivity index (χ4n) is 3.36. The molecule has 0 spiro atoms. The third kappa shape index (κ3) is 2.82. The summed E-state index contributed by atoms with van der Waals surface area (Å²) in [6.45, 7) is 6.89. The molecule has 0 aromatic carbocycles. The van der Waals surface area contributed by atoms with E-state index in [1.807, 2.05) is 17.7 Å². The zero-order valence-electron chi connectivity index (χ0n) is 14.4. The molecule has 2 aromatic heterocycles. The lowest BCUT2D eigenvalue weighted by Crippen LogP contribution is -2.35. The molecular weight excluding hydrogens is 308 g/mol. The van der Waals surface area contributed by atoms with E-state index in [2.05, 4.69) is 34.4 Å². The summed E-state index contributed by atoms with van der Waals surface area (Å²) in [6, 6.07) is 2.13. The zero-order chi connectivity index (χ0) is 17.3. The van der Waals surface area contributed by atoms with Gasteiger partial charge in [0.2, 0.25) is 0 Å². The molecule has 3 rings (SSSR count). The Labute approximate surface area is 140 Å². The molecule has 0 aliphatic carbocycles. The molecule has 2 N–H and O–H groups in total. The molecule has 0 bridgehead atoms. The summed E-state index contributed by atoms with van der Waals surface area (Å²) in [7, 11) is 0. The van der Waals surface area contributed by atoms with Gasteiger partial charge in [0.25, 0.3) is 5.91 Å². The highest BCUT2D eigenvalue weighted by Crippen LogP contribution is 2.31. The summed E-state index contributed by atoms with van der Waals surface area (Å²) in [5.74, 6) is -0.151. The van der Waals surface area contributed by atoms with Crippen molar-refractivity contribution < 1.29 is 9.90 Å².